The van der Waals surface area contributed by atoms with Gasteiger partial charge in [0.05, 0.1) is 12.2 Å². The Morgan fingerprint density at radius 2 is 2.14 bits per heavy atom. The average Bonchev–Trinajstić information content (AvgIpc) is 2.36. The summed E-state index contributed by atoms with van der Waals surface area (Å²) in [5.41, 5.74) is 6.28. The number of aromatic nitrogens is 1. The number of carbonyl (C=O) groups is 1. The largest absolute Gasteiger partial charge is 0.459 e. The highest BCUT2D eigenvalue weighted by Crippen LogP contribution is 2.08. The molecule has 0 aliphatic rings. The van der Waals surface area contributed by atoms with Crippen LogP contribution in [0.4, 0.5) is 0 Å². The van der Waals surface area contributed by atoms with Crippen LogP contribution in [-0.4, -0.2) is 46.1 Å². The van der Waals surface area contributed by atoms with Crippen LogP contribution < -0.4 is 5.73 Å². The van der Waals surface area contributed by atoms with E-state index < -0.39 is 5.60 Å². The normalized spacial score (nSPS) is 12.5. The number of ether oxygens (including phenoxy) is 1. The van der Waals surface area contributed by atoms with Crippen molar-refractivity contribution in [3.8, 4) is 0 Å². The number of likely N-dealkylation sites (N-methyl/N-ethyl adjacent to an activating group) is 1. The van der Waals surface area contributed by atoms with Crippen molar-refractivity contribution in [2.24, 2.45) is 10.9 Å². The van der Waals surface area contributed by atoms with Gasteiger partial charge in [-0.15, -0.1) is 0 Å². The molecule has 7 nitrogen and oxygen atoms in total. The van der Waals surface area contributed by atoms with E-state index in [0.29, 0.717) is 12.1 Å². The van der Waals surface area contributed by atoms with Crippen LogP contribution in [0.3, 0.4) is 0 Å². The number of pyridine rings is 1. The Kier molecular flexibility index (Phi) is 5.66. The lowest BCUT2D eigenvalue weighted by Gasteiger charge is -2.22. The van der Waals surface area contributed by atoms with Crippen LogP contribution in [0, 0.1) is 0 Å². The SMILES string of the molecule is CN(CC(=O)OC(C)(C)C)Cc1ccc(C(N)=NO)cn1. The Bertz CT molecular complexity index is 506. The lowest BCUT2D eigenvalue weighted by molar-refractivity contribution is -0.155. The van der Waals surface area contributed by atoms with Crippen molar-refractivity contribution >= 4 is 11.8 Å². The predicted molar refractivity (Wildman–Crippen MR) is 78.9 cm³/mol. The molecular formula is C14H22N4O3. The van der Waals surface area contributed by atoms with Crippen LogP contribution in [0.2, 0.25) is 0 Å². The zero-order valence-corrected chi connectivity index (χ0v) is 12.8. The second-order valence-electron chi connectivity index (χ2n) is 5.78. The number of rotatable bonds is 5. The molecule has 21 heavy (non-hydrogen) atoms. The van der Waals surface area contributed by atoms with Crippen LogP contribution in [0.25, 0.3) is 0 Å². The molecule has 0 unspecified atom stereocenters. The van der Waals surface area contributed by atoms with Crippen LogP contribution in [0.1, 0.15) is 32.0 Å². The van der Waals surface area contributed by atoms with Gasteiger partial charge >= 0.3 is 5.97 Å². The molecule has 1 aromatic heterocycles. The van der Waals surface area contributed by atoms with Crippen molar-refractivity contribution in [2.45, 2.75) is 32.9 Å². The monoisotopic (exact) mass is 294 g/mol. The first-order valence-electron chi connectivity index (χ1n) is 6.54. The number of carbonyl (C=O) groups excluding carboxylic acids is 1. The first-order chi connectivity index (χ1) is 9.71. The zero-order valence-electron chi connectivity index (χ0n) is 12.8. The molecule has 0 saturated carbocycles. The summed E-state index contributed by atoms with van der Waals surface area (Å²) in [6.07, 6.45) is 1.52. The van der Waals surface area contributed by atoms with Gasteiger partial charge in [-0.2, -0.15) is 0 Å². The van der Waals surface area contributed by atoms with E-state index in [-0.39, 0.29) is 18.3 Å². The summed E-state index contributed by atoms with van der Waals surface area (Å²) in [5, 5.41) is 11.5. The van der Waals surface area contributed by atoms with E-state index >= 15 is 0 Å². The summed E-state index contributed by atoms with van der Waals surface area (Å²) in [6, 6.07) is 3.47. The number of hydrogen-bond donors (Lipinski definition) is 2. The fourth-order valence-electron chi connectivity index (χ4n) is 1.65. The molecule has 0 aromatic carbocycles. The maximum atomic E-state index is 11.7. The van der Waals surface area contributed by atoms with Gasteiger partial charge in [-0.05, 0) is 40.0 Å². The van der Waals surface area contributed by atoms with Crippen LogP contribution in [0.15, 0.2) is 23.5 Å². The number of hydrogen-bond acceptors (Lipinski definition) is 6. The van der Waals surface area contributed by atoms with Crippen molar-refractivity contribution in [1.82, 2.24) is 9.88 Å². The third kappa shape index (κ3) is 6.22. The fourth-order valence-corrected chi connectivity index (χ4v) is 1.65. The summed E-state index contributed by atoms with van der Waals surface area (Å²) in [4.78, 5) is 17.7. The standard InChI is InChI=1S/C14H22N4O3/c1-14(2,3)21-12(19)9-18(4)8-11-6-5-10(7-16-11)13(15)17-20/h5-7,20H,8-9H2,1-4H3,(H2,15,17). The minimum absolute atomic E-state index is 0.0103. The number of amidine groups is 1. The summed E-state index contributed by atoms with van der Waals surface area (Å²) < 4.78 is 5.25. The molecule has 0 atom stereocenters. The minimum atomic E-state index is -0.487. The van der Waals surface area contributed by atoms with Gasteiger partial charge in [-0.3, -0.25) is 14.7 Å². The van der Waals surface area contributed by atoms with Gasteiger partial charge in [0.25, 0.3) is 0 Å². The Hall–Kier alpha value is -2.15. The predicted octanol–water partition coefficient (Wildman–Crippen LogP) is 0.950. The number of nitrogens with zero attached hydrogens (tertiary/aromatic N) is 3. The number of nitrogens with two attached hydrogens (primary N) is 1. The third-order valence-corrected chi connectivity index (χ3v) is 2.48. The van der Waals surface area contributed by atoms with Crippen molar-refractivity contribution in [2.75, 3.05) is 13.6 Å². The Morgan fingerprint density at radius 1 is 1.48 bits per heavy atom. The average molecular weight is 294 g/mol. The minimum Gasteiger partial charge on any atom is -0.459 e. The highest BCUT2D eigenvalue weighted by Gasteiger charge is 2.17. The van der Waals surface area contributed by atoms with E-state index in [1.807, 2.05) is 27.8 Å². The maximum Gasteiger partial charge on any atom is 0.320 e. The van der Waals surface area contributed by atoms with Gasteiger partial charge in [0.15, 0.2) is 5.84 Å². The van der Waals surface area contributed by atoms with Gasteiger partial charge in [0.2, 0.25) is 0 Å². The van der Waals surface area contributed by atoms with E-state index in [2.05, 4.69) is 10.1 Å². The van der Waals surface area contributed by atoms with Crippen LogP contribution >= 0.6 is 0 Å². The molecule has 1 rings (SSSR count). The van der Waals surface area contributed by atoms with Gasteiger partial charge in [-0.25, -0.2) is 0 Å². The van der Waals surface area contributed by atoms with Gasteiger partial charge in [-0.1, -0.05) is 5.16 Å². The molecule has 0 aliphatic heterocycles. The Morgan fingerprint density at radius 3 is 2.62 bits per heavy atom. The molecule has 0 amide bonds. The molecule has 7 heteroatoms. The first-order valence-corrected chi connectivity index (χ1v) is 6.54. The second-order valence-corrected chi connectivity index (χ2v) is 5.78. The first kappa shape index (κ1) is 16.9. The quantitative estimate of drug-likeness (QED) is 0.276. The fraction of sp³-hybridized carbons (Fsp3) is 0.500. The van der Waals surface area contributed by atoms with Crippen LogP contribution in [-0.2, 0) is 16.1 Å². The molecule has 0 fully saturated rings. The lowest BCUT2D eigenvalue weighted by atomic mass is 10.2. The van der Waals surface area contributed by atoms with Crippen molar-refractivity contribution in [3.05, 3.63) is 29.6 Å². The molecular weight excluding hydrogens is 272 g/mol. The molecule has 1 aromatic rings. The highest BCUT2D eigenvalue weighted by atomic mass is 16.6. The number of esters is 1. The molecule has 0 spiro atoms. The van der Waals surface area contributed by atoms with E-state index in [1.165, 1.54) is 6.20 Å². The Labute approximate surface area is 124 Å². The maximum absolute atomic E-state index is 11.7. The van der Waals surface area contributed by atoms with E-state index in [4.69, 9.17) is 15.7 Å². The van der Waals surface area contributed by atoms with E-state index in [9.17, 15) is 4.79 Å². The molecule has 1 heterocycles. The summed E-state index contributed by atoms with van der Waals surface area (Å²) >= 11 is 0. The van der Waals surface area contributed by atoms with Gasteiger partial charge in [0, 0.05) is 18.3 Å². The van der Waals surface area contributed by atoms with E-state index in [0.717, 1.165) is 5.69 Å². The van der Waals surface area contributed by atoms with Gasteiger partial charge in [0.1, 0.15) is 5.60 Å². The Balaban J connectivity index is 2.55. The van der Waals surface area contributed by atoms with Crippen molar-refractivity contribution in [1.29, 1.82) is 0 Å². The summed E-state index contributed by atoms with van der Waals surface area (Å²) in [7, 11) is 1.81. The molecule has 0 radical (unpaired) electrons. The molecule has 3 N–H and O–H groups in total. The molecule has 0 bridgehead atoms. The summed E-state index contributed by atoms with van der Waals surface area (Å²) in [6.45, 7) is 6.17. The van der Waals surface area contributed by atoms with Gasteiger partial charge < -0.3 is 15.7 Å². The van der Waals surface area contributed by atoms with Crippen molar-refractivity contribution in [3.63, 3.8) is 0 Å². The highest BCUT2D eigenvalue weighted by molar-refractivity contribution is 5.96. The zero-order chi connectivity index (χ0) is 16.0. The molecule has 0 saturated heterocycles. The smallest absolute Gasteiger partial charge is 0.320 e. The number of oxime groups is 1. The van der Waals surface area contributed by atoms with Crippen LogP contribution in [0.5, 0.6) is 0 Å². The lowest BCUT2D eigenvalue weighted by Crippen LogP contribution is -2.32. The second kappa shape index (κ2) is 7.03. The topological polar surface area (TPSA) is 101 Å². The third-order valence-electron chi connectivity index (χ3n) is 2.48. The molecule has 0 aliphatic carbocycles. The van der Waals surface area contributed by atoms with Crippen molar-refractivity contribution < 1.29 is 14.7 Å². The molecule has 116 valence electrons. The van der Waals surface area contributed by atoms with E-state index in [1.54, 1.807) is 17.0 Å². The summed E-state index contributed by atoms with van der Waals surface area (Å²) in [5.74, 6) is -0.269.